The number of phenolic OH excluding ortho intramolecular Hbond substituents is 2. The Balaban J connectivity index is 2.46. The van der Waals surface area contributed by atoms with Gasteiger partial charge in [-0.25, -0.2) is 0 Å². The maximum absolute atomic E-state index is 11.2. The van der Waals surface area contributed by atoms with Gasteiger partial charge in [-0.1, -0.05) is 6.58 Å². The first kappa shape index (κ1) is 15.8. The van der Waals surface area contributed by atoms with Crippen molar-refractivity contribution in [2.45, 2.75) is 20.3 Å². The van der Waals surface area contributed by atoms with E-state index in [1.54, 1.807) is 19.9 Å². The van der Waals surface area contributed by atoms with Gasteiger partial charge in [0.05, 0.1) is 0 Å². The van der Waals surface area contributed by atoms with Gasteiger partial charge in [0.2, 0.25) is 5.91 Å². The molecule has 5 nitrogen and oxygen atoms in total. The van der Waals surface area contributed by atoms with Gasteiger partial charge < -0.3 is 15.5 Å². The fraction of sp³-hybridized carbons (Fsp3) is 0.333. The highest BCUT2D eigenvalue weighted by Crippen LogP contribution is 2.23. The molecule has 0 unspecified atom stereocenters. The molecule has 0 aliphatic carbocycles. The maximum Gasteiger partial charge on any atom is 0.246 e. The number of amides is 1. The van der Waals surface area contributed by atoms with Crippen LogP contribution in [0.25, 0.3) is 0 Å². The molecule has 0 saturated heterocycles. The fourth-order valence-corrected chi connectivity index (χ4v) is 1.59. The third kappa shape index (κ3) is 4.76. The van der Waals surface area contributed by atoms with Crippen LogP contribution in [0.5, 0.6) is 11.5 Å². The third-order valence-electron chi connectivity index (χ3n) is 2.73. The highest BCUT2D eigenvalue weighted by Gasteiger charge is 2.05. The summed E-state index contributed by atoms with van der Waals surface area (Å²) in [6.07, 6.45) is 0.704. The third-order valence-corrected chi connectivity index (χ3v) is 2.73. The van der Waals surface area contributed by atoms with E-state index in [9.17, 15) is 15.0 Å². The van der Waals surface area contributed by atoms with Gasteiger partial charge in [0.25, 0.3) is 0 Å². The van der Waals surface area contributed by atoms with Gasteiger partial charge in [-0.15, -0.1) is 0 Å². The van der Waals surface area contributed by atoms with Crippen molar-refractivity contribution in [1.29, 1.82) is 0 Å². The molecule has 0 fully saturated rings. The van der Waals surface area contributed by atoms with Crippen molar-refractivity contribution < 1.29 is 15.0 Å². The van der Waals surface area contributed by atoms with Gasteiger partial charge in [0.1, 0.15) is 11.5 Å². The van der Waals surface area contributed by atoms with Crippen LogP contribution in [0, 0.1) is 0 Å². The quantitative estimate of drug-likeness (QED) is 0.422. The first-order chi connectivity index (χ1) is 9.41. The van der Waals surface area contributed by atoms with E-state index in [0.29, 0.717) is 36.4 Å². The normalized spacial score (nSPS) is 11.2. The predicted octanol–water partition coefficient (Wildman–Crippen LogP) is 1.99. The first-order valence-electron chi connectivity index (χ1n) is 6.39. The molecule has 0 bridgehead atoms. The molecule has 3 N–H and O–H groups in total. The second-order valence-corrected chi connectivity index (χ2v) is 4.56. The van der Waals surface area contributed by atoms with Crippen LogP contribution in [0.4, 0.5) is 0 Å². The highest BCUT2D eigenvalue weighted by molar-refractivity contribution is 6.01. The summed E-state index contributed by atoms with van der Waals surface area (Å²) in [7, 11) is 0. The molecule has 0 spiro atoms. The summed E-state index contributed by atoms with van der Waals surface area (Å²) in [6.45, 7) is 8.08. The van der Waals surface area contributed by atoms with E-state index < -0.39 is 0 Å². The van der Waals surface area contributed by atoms with E-state index in [2.05, 4.69) is 16.9 Å². The number of benzene rings is 1. The van der Waals surface area contributed by atoms with Crippen LogP contribution in [0.1, 0.15) is 25.8 Å². The van der Waals surface area contributed by atoms with Crippen molar-refractivity contribution in [3.05, 3.63) is 35.9 Å². The van der Waals surface area contributed by atoms with E-state index in [-0.39, 0.29) is 17.4 Å². The standard InChI is InChI=1S/C15H20N2O3/c1-10(2)15(20)17-8-4-7-16-11(3)13-6-5-12(18)9-14(13)19/h5-6,9,18-19H,1,4,7-8H2,2-3H3,(H,17,20)/b16-11+. The monoisotopic (exact) mass is 276 g/mol. The lowest BCUT2D eigenvalue weighted by molar-refractivity contribution is -0.117. The molecule has 1 aromatic rings. The number of nitrogens with zero attached hydrogens (tertiary/aromatic N) is 1. The van der Waals surface area contributed by atoms with Gasteiger partial charge in [-0.2, -0.15) is 0 Å². The van der Waals surface area contributed by atoms with Gasteiger partial charge in [-0.05, 0) is 32.4 Å². The summed E-state index contributed by atoms with van der Waals surface area (Å²) >= 11 is 0. The number of rotatable bonds is 6. The summed E-state index contributed by atoms with van der Waals surface area (Å²) in [5.74, 6) is -0.134. The molecule has 1 rings (SSSR count). The molecule has 0 atom stereocenters. The average Bonchev–Trinajstić information content (AvgIpc) is 2.37. The molecule has 5 heteroatoms. The molecule has 0 heterocycles. The van der Waals surface area contributed by atoms with Crippen LogP contribution >= 0.6 is 0 Å². The predicted molar refractivity (Wildman–Crippen MR) is 79.3 cm³/mol. The van der Waals surface area contributed by atoms with Crippen molar-refractivity contribution >= 4 is 11.6 Å². The van der Waals surface area contributed by atoms with E-state index in [1.165, 1.54) is 12.1 Å². The second-order valence-electron chi connectivity index (χ2n) is 4.56. The van der Waals surface area contributed by atoms with E-state index in [0.717, 1.165) is 0 Å². The Hall–Kier alpha value is -2.30. The number of aliphatic imine (C=N–C) groups is 1. The Labute approximate surface area is 118 Å². The van der Waals surface area contributed by atoms with Gasteiger partial charge in [0, 0.05) is 36.0 Å². The average molecular weight is 276 g/mol. The Kier molecular flexibility index (Phi) is 5.77. The molecular weight excluding hydrogens is 256 g/mol. The van der Waals surface area contributed by atoms with Crippen molar-refractivity contribution in [3.63, 3.8) is 0 Å². The highest BCUT2D eigenvalue weighted by atomic mass is 16.3. The Morgan fingerprint density at radius 2 is 2.05 bits per heavy atom. The molecular formula is C15H20N2O3. The van der Waals surface area contributed by atoms with E-state index in [4.69, 9.17) is 0 Å². The number of hydrogen-bond donors (Lipinski definition) is 3. The number of hydrogen-bond acceptors (Lipinski definition) is 4. The molecule has 1 amide bonds. The summed E-state index contributed by atoms with van der Waals surface area (Å²) < 4.78 is 0. The van der Waals surface area contributed by atoms with Crippen molar-refractivity contribution in [2.75, 3.05) is 13.1 Å². The maximum atomic E-state index is 11.2. The molecule has 0 aliphatic heterocycles. The largest absolute Gasteiger partial charge is 0.508 e. The summed E-state index contributed by atoms with van der Waals surface area (Å²) in [4.78, 5) is 15.6. The minimum atomic E-state index is -0.151. The fourth-order valence-electron chi connectivity index (χ4n) is 1.59. The number of carbonyl (C=O) groups excluding carboxylic acids is 1. The van der Waals surface area contributed by atoms with Gasteiger partial charge >= 0.3 is 0 Å². The number of carbonyl (C=O) groups is 1. The molecule has 20 heavy (non-hydrogen) atoms. The van der Waals surface area contributed by atoms with Crippen LogP contribution in [-0.2, 0) is 4.79 Å². The Morgan fingerprint density at radius 1 is 1.35 bits per heavy atom. The van der Waals surface area contributed by atoms with Crippen LogP contribution in [0.15, 0.2) is 35.3 Å². The van der Waals surface area contributed by atoms with E-state index >= 15 is 0 Å². The lowest BCUT2D eigenvalue weighted by Gasteiger charge is -2.06. The summed E-state index contributed by atoms with van der Waals surface area (Å²) in [6, 6.07) is 4.40. The van der Waals surface area contributed by atoms with Gasteiger partial charge in [-0.3, -0.25) is 9.79 Å². The smallest absolute Gasteiger partial charge is 0.246 e. The summed E-state index contributed by atoms with van der Waals surface area (Å²) in [5, 5.41) is 21.6. The van der Waals surface area contributed by atoms with Crippen LogP contribution in [0.2, 0.25) is 0 Å². The topological polar surface area (TPSA) is 81.9 Å². The molecule has 1 aromatic carbocycles. The minimum Gasteiger partial charge on any atom is -0.508 e. The second kappa shape index (κ2) is 7.33. The van der Waals surface area contributed by atoms with Crippen LogP contribution in [0.3, 0.4) is 0 Å². The van der Waals surface area contributed by atoms with Gasteiger partial charge in [0.15, 0.2) is 0 Å². The lowest BCUT2D eigenvalue weighted by Crippen LogP contribution is -2.25. The van der Waals surface area contributed by atoms with E-state index in [1.807, 2.05) is 0 Å². The molecule has 108 valence electrons. The van der Waals surface area contributed by atoms with Crippen LogP contribution in [-0.4, -0.2) is 34.9 Å². The minimum absolute atomic E-state index is 0.00170. The number of nitrogens with one attached hydrogen (secondary N) is 1. The molecule has 0 aliphatic rings. The zero-order chi connectivity index (χ0) is 15.1. The molecule has 0 radical (unpaired) electrons. The zero-order valence-corrected chi connectivity index (χ0v) is 11.8. The molecule has 0 aromatic heterocycles. The SMILES string of the molecule is C=C(C)C(=O)NCCC/N=C(\C)c1ccc(O)cc1O. The number of aromatic hydroxyl groups is 2. The lowest BCUT2D eigenvalue weighted by atomic mass is 10.1. The summed E-state index contributed by atoms with van der Waals surface area (Å²) in [5.41, 5.74) is 1.76. The van der Waals surface area contributed by atoms with Crippen molar-refractivity contribution in [1.82, 2.24) is 5.32 Å². The van der Waals surface area contributed by atoms with Crippen LogP contribution < -0.4 is 5.32 Å². The van der Waals surface area contributed by atoms with Crippen molar-refractivity contribution in [3.8, 4) is 11.5 Å². The zero-order valence-electron chi connectivity index (χ0n) is 11.8. The Morgan fingerprint density at radius 3 is 2.65 bits per heavy atom. The Bertz CT molecular complexity index is 536. The molecule has 0 saturated carbocycles. The first-order valence-corrected chi connectivity index (χ1v) is 6.39. The van der Waals surface area contributed by atoms with Crippen molar-refractivity contribution in [2.24, 2.45) is 4.99 Å². The number of phenols is 2.